The first-order valence-electron chi connectivity index (χ1n) is 5.36. The van der Waals surface area contributed by atoms with Gasteiger partial charge < -0.3 is 10.8 Å². The standard InChI is InChI=1S/C10H18N2O2/c11-4-7-1-2-9-3-8(7)5-12(9)6-10(13)14/h7-9H,1-6,11H2,(H,13,14). The molecule has 3 atom stereocenters. The fraction of sp³-hybridized carbons (Fsp3) is 0.900. The Morgan fingerprint density at radius 3 is 2.93 bits per heavy atom. The third-order valence-corrected chi connectivity index (χ3v) is 3.74. The van der Waals surface area contributed by atoms with E-state index in [-0.39, 0.29) is 6.54 Å². The second-order valence-electron chi connectivity index (χ2n) is 4.55. The summed E-state index contributed by atoms with van der Waals surface area (Å²) in [4.78, 5) is 12.7. The lowest BCUT2D eigenvalue weighted by molar-refractivity contribution is -0.138. The van der Waals surface area contributed by atoms with Crippen molar-refractivity contribution < 1.29 is 9.90 Å². The van der Waals surface area contributed by atoms with Crippen LogP contribution in [-0.2, 0) is 4.79 Å². The highest BCUT2D eigenvalue weighted by Gasteiger charge is 2.40. The van der Waals surface area contributed by atoms with Crippen LogP contribution in [0.25, 0.3) is 0 Å². The highest BCUT2D eigenvalue weighted by atomic mass is 16.4. The topological polar surface area (TPSA) is 66.6 Å². The molecule has 0 aromatic heterocycles. The first-order valence-corrected chi connectivity index (χ1v) is 5.36. The lowest BCUT2D eigenvalue weighted by Crippen LogP contribution is -2.33. The van der Waals surface area contributed by atoms with Crippen molar-refractivity contribution in [3.63, 3.8) is 0 Å². The van der Waals surface area contributed by atoms with E-state index in [0.717, 1.165) is 25.9 Å². The van der Waals surface area contributed by atoms with Crippen LogP contribution in [0, 0.1) is 11.8 Å². The molecule has 2 fully saturated rings. The van der Waals surface area contributed by atoms with Crippen LogP contribution in [0.3, 0.4) is 0 Å². The number of hydrogen-bond donors (Lipinski definition) is 2. The normalized spacial score (nSPS) is 37.4. The van der Waals surface area contributed by atoms with Crippen LogP contribution in [0.5, 0.6) is 0 Å². The average molecular weight is 198 g/mol. The monoisotopic (exact) mass is 198 g/mol. The van der Waals surface area contributed by atoms with E-state index in [9.17, 15) is 4.79 Å². The van der Waals surface area contributed by atoms with E-state index in [1.54, 1.807) is 0 Å². The van der Waals surface area contributed by atoms with Gasteiger partial charge in [0.1, 0.15) is 0 Å². The molecule has 2 rings (SSSR count). The van der Waals surface area contributed by atoms with Gasteiger partial charge in [-0.1, -0.05) is 0 Å². The Balaban J connectivity index is 1.96. The van der Waals surface area contributed by atoms with Crippen molar-refractivity contribution in [3.8, 4) is 0 Å². The van der Waals surface area contributed by atoms with E-state index in [1.807, 2.05) is 0 Å². The average Bonchev–Trinajstić information content (AvgIpc) is 2.44. The Labute approximate surface area is 84.1 Å². The van der Waals surface area contributed by atoms with E-state index in [0.29, 0.717) is 17.9 Å². The summed E-state index contributed by atoms with van der Waals surface area (Å²) in [5, 5.41) is 8.75. The Morgan fingerprint density at radius 2 is 2.29 bits per heavy atom. The van der Waals surface area contributed by atoms with Crippen LogP contribution in [0.15, 0.2) is 0 Å². The second kappa shape index (κ2) is 3.87. The lowest BCUT2D eigenvalue weighted by atomic mass is 9.80. The molecule has 0 radical (unpaired) electrons. The molecule has 1 saturated heterocycles. The molecule has 1 saturated carbocycles. The van der Waals surface area contributed by atoms with Gasteiger partial charge in [0.15, 0.2) is 0 Å². The van der Waals surface area contributed by atoms with Gasteiger partial charge in [0.05, 0.1) is 6.54 Å². The predicted octanol–water partition coefficient (Wildman–Crippen LogP) is 0.130. The number of aliphatic carboxylic acids is 1. The van der Waals surface area contributed by atoms with Gasteiger partial charge in [0.2, 0.25) is 0 Å². The number of carboxylic acid groups (broad SMARTS) is 1. The molecule has 0 aromatic rings. The molecule has 0 aromatic carbocycles. The molecule has 2 aliphatic rings. The summed E-state index contributed by atoms with van der Waals surface area (Å²) in [6.45, 7) is 1.91. The number of likely N-dealkylation sites (tertiary alicyclic amines) is 1. The smallest absolute Gasteiger partial charge is 0.317 e. The van der Waals surface area contributed by atoms with Crippen molar-refractivity contribution in [1.29, 1.82) is 0 Å². The number of hydrogen-bond acceptors (Lipinski definition) is 3. The molecule has 3 N–H and O–H groups in total. The molecule has 1 aliphatic carbocycles. The summed E-state index contributed by atoms with van der Waals surface area (Å²) >= 11 is 0. The van der Waals surface area contributed by atoms with Crippen molar-refractivity contribution in [2.24, 2.45) is 17.6 Å². The van der Waals surface area contributed by atoms with Gasteiger partial charge in [-0.15, -0.1) is 0 Å². The van der Waals surface area contributed by atoms with Gasteiger partial charge in [-0.05, 0) is 37.6 Å². The third-order valence-electron chi connectivity index (χ3n) is 3.74. The van der Waals surface area contributed by atoms with Crippen molar-refractivity contribution in [2.75, 3.05) is 19.6 Å². The van der Waals surface area contributed by atoms with E-state index >= 15 is 0 Å². The number of nitrogens with zero attached hydrogens (tertiary/aromatic N) is 1. The molecule has 1 aliphatic heterocycles. The zero-order valence-electron chi connectivity index (χ0n) is 8.35. The number of fused-ring (bicyclic) bond motifs is 2. The summed E-state index contributed by atoms with van der Waals surface area (Å²) in [5.41, 5.74) is 5.70. The SMILES string of the molecule is NCC1CCC2CC1CN2CC(=O)O. The van der Waals surface area contributed by atoms with Crippen LogP contribution >= 0.6 is 0 Å². The van der Waals surface area contributed by atoms with Gasteiger partial charge >= 0.3 is 5.97 Å². The predicted molar refractivity (Wildman–Crippen MR) is 52.9 cm³/mol. The minimum atomic E-state index is -0.707. The van der Waals surface area contributed by atoms with Gasteiger partial charge in [-0.2, -0.15) is 0 Å². The third kappa shape index (κ3) is 1.77. The van der Waals surface area contributed by atoms with Crippen LogP contribution in [0.1, 0.15) is 19.3 Å². The highest BCUT2D eigenvalue weighted by molar-refractivity contribution is 5.69. The molecule has 14 heavy (non-hydrogen) atoms. The zero-order valence-corrected chi connectivity index (χ0v) is 8.35. The first kappa shape index (κ1) is 9.93. The zero-order chi connectivity index (χ0) is 10.1. The van der Waals surface area contributed by atoms with Crippen LogP contribution < -0.4 is 5.73 Å². The molecular formula is C10H18N2O2. The molecule has 0 amide bonds. The summed E-state index contributed by atoms with van der Waals surface area (Å²) in [6.07, 6.45) is 3.47. The van der Waals surface area contributed by atoms with Gasteiger partial charge in [0, 0.05) is 12.6 Å². The Morgan fingerprint density at radius 1 is 1.50 bits per heavy atom. The second-order valence-corrected chi connectivity index (χ2v) is 4.55. The molecule has 80 valence electrons. The number of rotatable bonds is 3. The summed E-state index contributed by atoms with van der Waals surface area (Å²) in [5.74, 6) is 0.574. The lowest BCUT2D eigenvalue weighted by Gasteiger charge is -2.27. The van der Waals surface area contributed by atoms with E-state index in [1.165, 1.54) is 6.42 Å². The first-order chi connectivity index (χ1) is 6.70. The van der Waals surface area contributed by atoms with Crippen molar-refractivity contribution in [3.05, 3.63) is 0 Å². The van der Waals surface area contributed by atoms with Crippen LogP contribution in [0.2, 0.25) is 0 Å². The summed E-state index contributed by atoms with van der Waals surface area (Å²) in [7, 11) is 0. The van der Waals surface area contributed by atoms with E-state index < -0.39 is 5.97 Å². The van der Waals surface area contributed by atoms with Crippen molar-refractivity contribution in [1.82, 2.24) is 4.90 Å². The summed E-state index contributed by atoms with van der Waals surface area (Å²) < 4.78 is 0. The van der Waals surface area contributed by atoms with Gasteiger partial charge in [0.25, 0.3) is 0 Å². The van der Waals surface area contributed by atoms with Crippen molar-refractivity contribution in [2.45, 2.75) is 25.3 Å². The number of carboxylic acids is 1. The van der Waals surface area contributed by atoms with E-state index in [4.69, 9.17) is 10.8 Å². The van der Waals surface area contributed by atoms with Gasteiger partial charge in [-0.25, -0.2) is 0 Å². The quantitative estimate of drug-likeness (QED) is 0.676. The van der Waals surface area contributed by atoms with E-state index in [2.05, 4.69) is 4.90 Å². The maximum absolute atomic E-state index is 10.6. The van der Waals surface area contributed by atoms with Crippen molar-refractivity contribution >= 4 is 5.97 Å². The fourth-order valence-electron chi connectivity index (χ4n) is 2.99. The largest absolute Gasteiger partial charge is 0.480 e. The maximum atomic E-state index is 10.6. The number of carbonyl (C=O) groups is 1. The number of nitrogens with two attached hydrogens (primary N) is 1. The molecule has 2 bridgehead atoms. The minimum Gasteiger partial charge on any atom is -0.480 e. The molecule has 1 heterocycles. The summed E-state index contributed by atoms with van der Waals surface area (Å²) in [6, 6.07) is 0.513. The Hall–Kier alpha value is -0.610. The minimum absolute atomic E-state index is 0.207. The molecule has 0 spiro atoms. The molecule has 3 unspecified atom stereocenters. The Bertz CT molecular complexity index is 232. The van der Waals surface area contributed by atoms with Crippen LogP contribution in [0.4, 0.5) is 0 Å². The molecule has 4 nitrogen and oxygen atoms in total. The molecular weight excluding hydrogens is 180 g/mol. The fourth-order valence-corrected chi connectivity index (χ4v) is 2.99. The maximum Gasteiger partial charge on any atom is 0.317 e. The van der Waals surface area contributed by atoms with Gasteiger partial charge in [-0.3, -0.25) is 9.69 Å². The van der Waals surface area contributed by atoms with Crippen LogP contribution in [-0.4, -0.2) is 41.7 Å². The highest BCUT2D eigenvalue weighted by Crippen LogP contribution is 2.38. The Kier molecular flexibility index (Phi) is 2.74. The molecule has 4 heteroatoms.